The van der Waals surface area contributed by atoms with Gasteiger partial charge < -0.3 is 14.8 Å². The molecule has 0 aromatic heterocycles. The lowest BCUT2D eigenvalue weighted by Crippen LogP contribution is -2.28. The van der Waals surface area contributed by atoms with Gasteiger partial charge in [-0.1, -0.05) is 6.07 Å². The molecule has 0 unspecified atom stereocenters. The van der Waals surface area contributed by atoms with Crippen LogP contribution < -0.4 is 14.8 Å². The number of ether oxygens (including phenoxy) is 2. The molecule has 0 aliphatic rings. The average Bonchev–Trinajstić information content (AvgIpc) is 2.65. The predicted molar refractivity (Wildman–Crippen MR) is 103 cm³/mol. The van der Waals surface area contributed by atoms with Crippen LogP contribution in [-0.2, 0) is 10.0 Å². The molecule has 0 spiro atoms. The van der Waals surface area contributed by atoms with Crippen molar-refractivity contribution >= 4 is 15.9 Å². The van der Waals surface area contributed by atoms with E-state index in [1.54, 1.807) is 7.11 Å². The van der Waals surface area contributed by atoms with E-state index in [2.05, 4.69) is 5.32 Å². The van der Waals surface area contributed by atoms with Crippen LogP contribution in [0.25, 0.3) is 0 Å². The van der Waals surface area contributed by atoms with Crippen LogP contribution in [0.3, 0.4) is 0 Å². The van der Waals surface area contributed by atoms with Gasteiger partial charge >= 0.3 is 0 Å². The van der Waals surface area contributed by atoms with Crippen LogP contribution in [0, 0.1) is 6.92 Å². The number of benzene rings is 2. The van der Waals surface area contributed by atoms with Crippen LogP contribution in [0.2, 0.25) is 0 Å². The quantitative estimate of drug-likeness (QED) is 0.695. The van der Waals surface area contributed by atoms with Gasteiger partial charge in [-0.05, 0) is 48.9 Å². The molecule has 2 rings (SSSR count). The van der Waals surface area contributed by atoms with E-state index in [0.29, 0.717) is 23.6 Å². The van der Waals surface area contributed by atoms with E-state index >= 15 is 0 Å². The second-order valence-electron chi connectivity index (χ2n) is 6.07. The minimum atomic E-state index is -3.51. The lowest BCUT2D eigenvalue weighted by atomic mass is 10.2. The summed E-state index contributed by atoms with van der Waals surface area (Å²) in [6.07, 6.45) is 0. The molecule has 2 aromatic rings. The molecule has 0 fully saturated rings. The Morgan fingerprint density at radius 2 is 1.74 bits per heavy atom. The van der Waals surface area contributed by atoms with E-state index in [4.69, 9.17) is 9.47 Å². The number of hydrogen-bond acceptors (Lipinski definition) is 5. The molecule has 0 saturated carbocycles. The Bertz CT molecular complexity index is 893. The molecule has 0 saturated heterocycles. The van der Waals surface area contributed by atoms with E-state index < -0.39 is 10.0 Å². The molecule has 0 atom stereocenters. The Morgan fingerprint density at radius 1 is 1.07 bits per heavy atom. The van der Waals surface area contributed by atoms with Crippen molar-refractivity contribution in [3.05, 3.63) is 53.6 Å². The van der Waals surface area contributed by atoms with Crippen molar-refractivity contribution in [1.82, 2.24) is 9.62 Å². The highest BCUT2D eigenvalue weighted by Crippen LogP contribution is 2.27. The molecular weight excluding hydrogens is 368 g/mol. The summed E-state index contributed by atoms with van der Waals surface area (Å²) in [7, 11) is 0.977. The van der Waals surface area contributed by atoms with Crippen molar-refractivity contribution in [2.75, 3.05) is 34.4 Å². The topological polar surface area (TPSA) is 84.9 Å². The first-order valence-electron chi connectivity index (χ1n) is 8.34. The molecule has 0 radical (unpaired) electrons. The highest BCUT2D eigenvalue weighted by Gasteiger charge is 2.17. The van der Waals surface area contributed by atoms with Gasteiger partial charge in [0.1, 0.15) is 6.61 Å². The fourth-order valence-electron chi connectivity index (χ4n) is 2.31. The van der Waals surface area contributed by atoms with E-state index in [0.717, 1.165) is 9.87 Å². The number of hydrogen-bond donors (Lipinski definition) is 1. The highest BCUT2D eigenvalue weighted by molar-refractivity contribution is 7.89. The summed E-state index contributed by atoms with van der Waals surface area (Å²) in [6, 6.07) is 11.4. The third-order valence-electron chi connectivity index (χ3n) is 3.86. The molecule has 1 amide bonds. The van der Waals surface area contributed by atoms with E-state index in [-0.39, 0.29) is 17.4 Å². The first-order chi connectivity index (χ1) is 12.8. The van der Waals surface area contributed by atoms with Gasteiger partial charge in [-0.2, -0.15) is 0 Å². The lowest BCUT2D eigenvalue weighted by molar-refractivity contribution is 0.0946. The molecular formula is C19H24N2O5S. The van der Waals surface area contributed by atoms with Crippen LogP contribution in [0.5, 0.6) is 11.5 Å². The van der Waals surface area contributed by atoms with Crippen molar-refractivity contribution in [3.8, 4) is 11.5 Å². The zero-order valence-electron chi connectivity index (χ0n) is 15.9. The summed E-state index contributed by atoms with van der Waals surface area (Å²) in [6.45, 7) is 2.54. The Labute approximate surface area is 160 Å². The third-order valence-corrected chi connectivity index (χ3v) is 5.69. The zero-order chi connectivity index (χ0) is 20.0. The Balaban J connectivity index is 1.89. The smallest absolute Gasteiger partial charge is 0.251 e. The molecule has 0 aliphatic heterocycles. The van der Waals surface area contributed by atoms with Gasteiger partial charge in [0.05, 0.1) is 18.6 Å². The normalized spacial score (nSPS) is 11.3. The molecule has 8 heteroatoms. The van der Waals surface area contributed by atoms with Gasteiger partial charge in [0, 0.05) is 19.7 Å². The summed E-state index contributed by atoms with van der Waals surface area (Å²) in [4.78, 5) is 12.3. The number of amides is 1. The van der Waals surface area contributed by atoms with E-state index in [1.807, 2.05) is 25.1 Å². The molecule has 27 heavy (non-hydrogen) atoms. The molecule has 0 heterocycles. The van der Waals surface area contributed by atoms with Crippen LogP contribution in [0.4, 0.5) is 0 Å². The Kier molecular flexibility index (Phi) is 6.81. The van der Waals surface area contributed by atoms with Crippen molar-refractivity contribution in [1.29, 1.82) is 0 Å². The molecule has 1 N–H and O–H groups in total. The van der Waals surface area contributed by atoms with Gasteiger partial charge in [0.2, 0.25) is 10.0 Å². The van der Waals surface area contributed by atoms with Crippen molar-refractivity contribution < 1.29 is 22.7 Å². The number of aryl methyl sites for hydroxylation is 1. The molecule has 0 aliphatic carbocycles. The fourth-order valence-corrected chi connectivity index (χ4v) is 3.21. The average molecular weight is 392 g/mol. The molecule has 146 valence electrons. The molecule has 0 bridgehead atoms. The summed E-state index contributed by atoms with van der Waals surface area (Å²) < 4.78 is 36.1. The maximum absolute atomic E-state index is 12.2. The van der Waals surface area contributed by atoms with Crippen LogP contribution in [0.1, 0.15) is 15.9 Å². The van der Waals surface area contributed by atoms with Gasteiger partial charge in [-0.15, -0.1) is 0 Å². The van der Waals surface area contributed by atoms with Crippen LogP contribution in [0.15, 0.2) is 47.4 Å². The monoisotopic (exact) mass is 392 g/mol. The summed E-state index contributed by atoms with van der Waals surface area (Å²) in [5.41, 5.74) is 1.44. The number of carbonyl (C=O) groups excluding carboxylic acids is 1. The van der Waals surface area contributed by atoms with Crippen LogP contribution in [-0.4, -0.2) is 53.0 Å². The largest absolute Gasteiger partial charge is 0.493 e. The van der Waals surface area contributed by atoms with Gasteiger partial charge in [0.25, 0.3) is 5.91 Å². The third kappa shape index (κ3) is 5.21. The van der Waals surface area contributed by atoms with E-state index in [1.165, 1.54) is 38.4 Å². The lowest BCUT2D eigenvalue weighted by Gasteiger charge is -2.12. The maximum atomic E-state index is 12.2. The van der Waals surface area contributed by atoms with Crippen molar-refractivity contribution in [2.45, 2.75) is 11.8 Å². The second-order valence-corrected chi connectivity index (χ2v) is 8.22. The van der Waals surface area contributed by atoms with Crippen LogP contribution >= 0.6 is 0 Å². The van der Waals surface area contributed by atoms with Gasteiger partial charge in [0.15, 0.2) is 11.5 Å². The SMILES string of the molecule is COc1cc(C)ccc1OCCNC(=O)c1ccc(S(=O)(=O)N(C)C)cc1. The minimum absolute atomic E-state index is 0.138. The van der Waals surface area contributed by atoms with Gasteiger partial charge in [-0.25, -0.2) is 12.7 Å². The first kappa shape index (κ1) is 20.7. The summed E-state index contributed by atoms with van der Waals surface area (Å²) in [5.74, 6) is 0.942. The molecule has 2 aromatic carbocycles. The number of methoxy groups -OCH3 is 1. The number of rotatable bonds is 8. The second kappa shape index (κ2) is 8.88. The fraction of sp³-hybridized carbons (Fsp3) is 0.316. The number of carbonyl (C=O) groups is 1. The maximum Gasteiger partial charge on any atom is 0.251 e. The van der Waals surface area contributed by atoms with Crippen molar-refractivity contribution in [3.63, 3.8) is 0 Å². The Morgan fingerprint density at radius 3 is 2.33 bits per heavy atom. The predicted octanol–water partition coefficient (Wildman–Crippen LogP) is 2.06. The number of nitrogens with zero attached hydrogens (tertiary/aromatic N) is 1. The Hall–Kier alpha value is -2.58. The van der Waals surface area contributed by atoms with E-state index in [9.17, 15) is 13.2 Å². The van der Waals surface area contributed by atoms with Gasteiger partial charge in [-0.3, -0.25) is 4.79 Å². The number of nitrogens with one attached hydrogen (secondary N) is 1. The highest BCUT2D eigenvalue weighted by atomic mass is 32.2. The summed E-state index contributed by atoms with van der Waals surface area (Å²) in [5, 5.41) is 2.73. The first-order valence-corrected chi connectivity index (χ1v) is 9.78. The van der Waals surface area contributed by atoms with Crippen molar-refractivity contribution in [2.24, 2.45) is 0 Å². The number of sulfonamides is 1. The molecule has 7 nitrogen and oxygen atoms in total. The zero-order valence-corrected chi connectivity index (χ0v) is 16.7. The minimum Gasteiger partial charge on any atom is -0.493 e. The standard InChI is InChI=1S/C19H24N2O5S/c1-14-5-10-17(18(13-14)25-4)26-12-11-20-19(22)15-6-8-16(9-7-15)27(23,24)21(2)3/h5-10,13H,11-12H2,1-4H3,(H,20,22). The summed E-state index contributed by atoms with van der Waals surface area (Å²) >= 11 is 0.